The number of esters is 1. The van der Waals surface area contributed by atoms with Crippen molar-refractivity contribution in [1.82, 2.24) is 0 Å². The molecule has 188 valence electrons. The highest BCUT2D eigenvalue weighted by Crippen LogP contribution is 2.62. The molecule has 1 saturated carbocycles. The van der Waals surface area contributed by atoms with Crippen LogP contribution in [0, 0.1) is 16.6 Å². The highest BCUT2D eigenvalue weighted by atomic mass is 19.1. The number of halogens is 1. The number of ketones is 1. The summed E-state index contributed by atoms with van der Waals surface area (Å²) >= 11 is 0. The average Bonchev–Trinajstić information content (AvgIpc) is 2.79. The van der Waals surface area contributed by atoms with Gasteiger partial charge in [-0.05, 0) is 84.4 Å². The van der Waals surface area contributed by atoms with E-state index in [9.17, 15) is 19.1 Å². The number of aliphatic hydroxyl groups excluding tert-OH is 1. The summed E-state index contributed by atoms with van der Waals surface area (Å²) in [5.74, 6) is -1.09. The number of ether oxygens (including phenoxy) is 2. The van der Waals surface area contributed by atoms with E-state index in [-0.39, 0.29) is 18.6 Å². The first kappa shape index (κ1) is 25.4. The SMILES string of the molecule is CCOC(=O)C1=C[C@]23C(=O)c4cc(F)ccc4O[C@H]2C[C@@]1(CC/C=C(\C)CCC=C(C)C)C[C@@H]3O. The third kappa shape index (κ3) is 4.49. The number of fused-ring (bicyclic) bond motifs is 2. The highest BCUT2D eigenvalue weighted by Gasteiger charge is 2.66. The van der Waals surface area contributed by atoms with Crippen molar-refractivity contribution in [3.63, 3.8) is 0 Å². The van der Waals surface area contributed by atoms with E-state index in [0.717, 1.165) is 25.3 Å². The minimum Gasteiger partial charge on any atom is -0.488 e. The largest absolute Gasteiger partial charge is 0.488 e. The van der Waals surface area contributed by atoms with Crippen LogP contribution in [-0.4, -0.2) is 35.7 Å². The molecular weight excluding hydrogens is 447 g/mol. The van der Waals surface area contributed by atoms with Gasteiger partial charge in [0.25, 0.3) is 0 Å². The van der Waals surface area contributed by atoms with E-state index in [1.165, 1.54) is 23.3 Å². The van der Waals surface area contributed by atoms with Crippen molar-refractivity contribution in [2.24, 2.45) is 10.8 Å². The lowest BCUT2D eigenvalue weighted by Crippen LogP contribution is -2.65. The molecule has 6 heteroatoms. The summed E-state index contributed by atoms with van der Waals surface area (Å²) in [4.78, 5) is 26.7. The third-order valence-corrected chi connectivity index (χ3v) is 7.75. The predicted molar refractivity (Wildman–Crippen MR) is 132 cm³/mol. The fraction of sp³-hybridized carbons (Fsp3) is 0.517. The van der Waals surface area contributed by atoms with Gasteiger partial charge in [-0.25, -0.2) is 9.18 Å². The number of benzene rings is 1. The molecule has 4 aliphatic rings. The monoisotopic (exact) mass is 482 g/mol. The van der Waals surface area contributed by atoms with Gasteiger partial charge in [0.15, 0.2) is 5.78 Å². The summed E-state index contributed by atoms with van der Waals surface area (Å²) in [5, 5.41) is 11.3. The first-order valence-electron chi connectivity index (χ1n) is 12.5. The molecule has 5 nitrogen and oxygen atoms in total. The van der Waals surface area contributed by atoms with Crippen LogP contribution in [0.5, 0.6) is 5.75 Å². The lowest BCUT2D eigenvalue weighted by molar-refractivity contribution is -0.145. The second kappa shape index (κ2) is 9.73. The second-order valence-electron chi connectivity index (χ2n) is 10.4. The molecule has 1 aromatic rings. The van der Waals surface area contributed by atoms with Gasteiger partial charge in [-0.2, -0.15) is 0 Å². The van der Waals surface area contributed by atoms with Gasteiger partial charge in [0, 0.05) is 11.0 Å². The van der Waals surface area contributed by atoms with Crippen LogP contribution in [-0.2, 0) is 9.53 Å². The lowest BCUT2D eigenvalue weighted by Gasteiger charge is -2.58. The molecule has 0 amide bonds. The molecule has 0 aromatic heterocycles. The summed E-state index contributed by atoms with van der Waals surface area (Å²) < 4.78 is 25.5. The maximum atomic E-state index is 13.9. The Balaban J connectivity index is 1.67. The zero-order chi connectivity index (χ0) is 25.4. The van der Waals surface area contributed by atoms with Gasteiger partial charge in [-0.15, -0.1) is 0 Å². The Morgan fingerprint density at radius 2 is 2.00 bits per heavy atom. The van der Waals surface area contributed by atoms with Crippen molar-refractivity contribution in [2.75, 3.05) is 6.61 Å². The molecular formula is C29H35FO5. The van der Waals surface area contributed by atoms with Crippen LogP contribution in [0.4, 0.5) is 4.39 Å². The van der Waals surface area contributed by atoms with Crippen LogP contribution in [0.2, 0.25) is 0 Å². The van der Waals surface area contributed by atoms with Crippen LogP contribution in [0.1, 0.15) is 76.6 Å². The summed E-state index contributed by atoms with van der Waals surface area (Å²) in [5.41, 5.74) is 1.04. The van der Waals surface area contributed by atoms with E-state index >= 15 is 0 Å². The normalized spacial score (nSPS) is 29.0. The van der Waals surface area contributed by atoms with Gasteiger partial charge in [0.05, 0.1) is 18.3 Å². The fourth-order valence-corrected chi connectivity index (χ4v) is 5.94. The topological polar surface area (TPSA) is 72.8 Å². The van der Waals surface area contributed by atoms with Crippen LogP contribution in [0.25, 0.3) is 0 Å². The Bertz CT molecular complexity index is 1110. The van der Waals surface area contributed by atoms with Crippen LogP contribution < -0.4 is 4.74 Å². The molecule has 0 saturated heterocycles. The van der Waals surface area contributed by atoms with E-state index in [4.69, 9.17) is 9.47 Å². The Kier molecular flexibility index (Phi) is 7.05. The lowest BCUT2D eigenvalue weighted by atomic mass is 9.48. The van der Waals surface area contributed by atoms with E-state index in [1.807, 2.05) is 0 Å². The fourth-order valence-electron chi connectivity index (χ4n) is 5.94. The maximum Gasteiger partial charge on any atom is 0.334 e. The number of carbonyl (C=O) groups is 2. The smallest absolute Gasteiger partial charge is 0.334 e. The quantitative estimate of drug-likeness (QED) is 0.370. The Hall–Kier alpha value is -2.73. The number of allylic oxidation sites excluding steroid dienone is 4. The molecule has 0 unspecified atom stereocenters. The van der Waals surface area contributed by atoms with Crippen LogP contribution in [0.3, 0.4) is 0 Å². The Morgan fingerprint density at radius 3 is 2.71 bits per heavy atom. The summed E-state index contributed by atoms with van der Waals surface area (Å²) in [6, 6.07) is 3.87. The minimum atomic E-state index is -1.42. The molecule has 1 heterocycles. The average molecular weight is 483 g/mol. The second-order valence-corrected chi connectivity index (χ2v) is 10.4. The van der Waals surface area contributed by atoms with Crippen LogP contribution in [0.15, 0.2) is 53.1 Å². The Morgan fingerprint density at radius 1 is 1.23 bits per heavy atom. The standard InChI is InChI=1S/C29H35FO5/c1-5-34-27(33)22-15-29-24(31)16-28(22,13-7-10-19(4)9-6-8-18(2)3)17-25(29)35-23-12-11-20(30)14-21(23)26(29)32/h8,10-12,14-15,24-25,31H,5-7,9,13,16-17H2,1-4H3/b19-10+/t24-,25-,28+,29+/m0/s1. The van der Waals surface area contributed by atoms with Gasteiger partial charge >= 0.3 is 5.97 Å². The van der Waals surface area contributed by atoms with Crippen molar-refractivity contribution in [3.8, 4) is 5.75 Å². The van der Waals surface area contributed by atoms with Gasteiger partial charge in [-0.1, -0.05) is 29.4 Å². The molecule has 35 heavy (non-hydrogen) atoms. The zero-order valence-electron chi connectivity index (χ0n) is 21.0. The van der Waals surface area contributed by atoms with Gasteiger partial charge < -0.3 is 14.6 Å². The number of hydrogen-bond donors (Lipinski definition) is 1. The first-order valence-corrected chi connectivity index (χ1v) is 12.5. The molecule has 4 atom stereocenters. The summed E-state index contributed by atoms with van der Waals surface area (Å²) in [7, 11) is 0. The predicted octanol–water partition coefficient (Wildman–Crippen LogP) is 5.87. The van der Waals surface area contributed by atoms with Gasteiger partial charge in [-0.3, -0.25) is 4.79 Å². The van der Waals surface area contributed by atoms with Crippen molar-refractivity contribution < 1.29 is 28.6 Å². The number of hydrogen-bond acceptors (Lipinski definition) is 5. The van der Waals surface area contributed by atoms with Gasteiger partial charge in [0.1, 0.15) is 23.1 Å². The molecule has 0 radical (unpaired) electrons. The molecule has 1 aromatic carbocycles. The van der Waals surface area contributed by atoms with Crippen molar-refractivity contribution in [3.05, 3.63) is 64.5 Å². The van der Waals surface area contributed by atoms with E-state index in [0.29, 0.717) is 24.2 Å². The molecule has 1 N–H and O–H groups in total. The molecule has 1 aliphatic heterocycles. The number of carbonyl (C=O) groups excluding carboxylic acids is 2. The van der Waals surface area contributed by atoms with Crippen molar-refractivity contribution in [2.45, 2.75) is 78.4 Å². The number of rotatable bonds is 8. The van der Waals surface area contributed by atoms with E-state index in [1.54, 1.807) is 13.0 Å². The highest BCUT2D eigenvalue weighted by molar-refractivity contribution is 6.07. The van der Waals surface area contributed by atoms with E-state index in [2.05, 4.69) is 32.9 Å². The Labute approximate surface area is 206 Å². The number of Topliss-reactive ketones (excluding diaryl/α,β-unsaturated/α-hetero) is 1. The molecule has 5 rings (SSSR count). The summed E-state index contributed by atoms with van der Waals surface area (Å²) in [6.45, 7) is 8.25. The number of aliphatic hydroxyl groups is 1. The third-order valence-electron chi connectivity index (χ3n) is 7.75. The van der Waals surface area contributed by atoms with E-state index < -0.39 is 40.6 Å². The van der Waals surface area contributed by atoms with Crippen molar-refractivity contribution in [1.29, 1.82) is 0 Å². The molecule has 1 fully saturated rings. The minimum absolute atomic E-state index is 0.101. The molecule has 3 aliphatic carbocycles. The van der Waals surface area contributed by atoms with Crippen molar-refractivity contribution >= 4 is 11.8 Å². The van der Waals surface area contributed by atoms with Crippen LogP contribution >= 0.6 is 0 Å². The first-order chi connectivity index (χ1) is 16.6. The maximum absolute atomic E-state index is 13.9. The zero-order valence-corrected chi connectivity index (χ0v) is 21.0. The molecule has 1 spiro atoms. The van der Waals surface area contributed by atoms with Gasteiger partial charge in [0.2, 0.25) is 0 Å². The summed E-state index contributed by atoms with van der Waals surface area (Å²) in [6.07, 6.45) is 8.36. The molecule has 2 bridgehead atoms.